The normalized spacial score (nSPS) is 10.9. The van der Waals surface area contributed by atoms with E-state index in [2.05, 4.69) is 68.6 Å². The fourth-order valence-corrected chi connectivity index (χ4v) is 3.78. The predicted molar refractivity (Wildman–Crippen MR) is 112 cm³/mol. The summed E-state index contributed by atoms with van der Waals surface area (Å²) in [6.45, 7) is 4.16. The average Bonchev–Trinajstić information content (AvgIpc) is 3.03. The SMILES string of the molecule is Cc1cccc(C)c1Nc1ncnc2sc(Nc3ccc(Br)cc3)nc12. The van der Waals surface area contributed by atoms with E-state index >= 15 is 0 Å². The zero-order valence-electron chi connectivity index (χ0n) is 14.2. The third-order valence-corrected chi connectivity index (χ3v) is 5.42. The monoisotopic (exact) mass is 425 g/mol. The summed E-state index contributed by atoms with van der Waals surface area (Å²) in [6, 6.07) is 14.2. The van der Waals surface area contributed by atoms with Crippen molar-refractivity contribution in [2.45, 2.75) is 13.8 Å². The molecule has 7 heteroatoms. The Hall–Kier alpha value is -2.51. The molecular weight excluding hydrogens is 410 g/mol. The van der Waals surface area contributed by atoms with Crippen molar-refractivity contribution in [2.75, 3.05) is 10.6 Å². The first kappa shape index (κ1) is 16.9. The van der Waals surface area contributed by atoms with E-state index < -0.39 is 0 Å². The van der Waals surface area contributed by atoms with Crippen LogP contribution >= 0.6 is 27.3 Å². The van der Waals surface area contributed by atoms with E-state index in [0.717, 1.165) is 31.3 Å². The van der Waals surface area contributed by atoms with E-state index in [0.29, 0.717) is 5.82 Å². The number of para-hydroxylation sites is 1. The topological polar surface area (TPSA) is 62.7 Å². The van der Waals surface area contributed by atoms with Crippen molar-refractivity contribution in [1.82, 2.24) is 15.0 Å². The summed E-state index contributed by atoms with van der Waals surface area (Å²) in [7, 11) is 0. The minimum absolute atomic E-state index is 0.715. The number of halogens is 1. The molecule has 4 rings (SSSR count). The number of anilines is 4. The minimum atomic E-state index is 0.715. The lowest BCUT2D eigenvalue weighted by atomic mass is 10.1. The van der Waals surface area contributed by atoms with Gasteiger partial charge in [-0.15, -0.1) is 0 Å². The molecule has 2 heterocycles. The van der Waals surface area contributed by atoms with Gasteiger partial charge in [0, 0.05) is 15.8 Å². The summed E-state index contributed by atoms with van der Waals surface area (Å²) >= 11 is 4.95. The number of nitrogens with zero attached hydrogens (tertiary/aromatic N) is 3. The second kappa shape index (κ2) is 7.01. The van der Waals surface area contributed by atoms with Gasteiger partial charge in [0.05, 0.1) is 0 Å². The van der Waals surface area contributed by atoms with E-state index in [1.807, 2.05) is 24.3 Å². The van der Waals surface area contributed by atoms with E-state index in [9.17, 15) is 0 Å². The highest BCUT2D eigenvalue weighted by atomic mass is 79.9. The highest BCUT2D eigenvalue weighted by molar-refractivity contribution is 9.10. The zero-order chi connectivity index (χ0) is 18.1. The van der Waals surface area contributed by atoms with Gasteiger partial charge in [0.2, 0.25) is 0 Å². The molecule has 2 N–H and O–H groups in total. The van der Waals surface area contributed by atoms with Gasteiger partial charge in [-0.05, 0) is 49.2 Å². The van der Waals surface area contributed by atoms with Gasteiger partial charge in [0.25, 0.3) is 0 Å². The van der Waals surface area contributed by atoms with Crippen LogP contribution in [0.4, 0.5) is 22.3 Å². The Labute approximate surface area is 163 Å². The minimum Gasteiger partial charge on any atom is -0.338 e. The third kappa shape index (κ3) is 3.40. The largest absolute Gasteiger partial charge is 0.338 e. The summed E-state index contributed by atoms with van der Waals surface area (Å²) in [5.41, 5.74) is 5.13. The van der Waals surface area contributed by atoms with E-state index in [4.69, 9.17) is 4.98 Å². The molecule has 130 valence electrons. The quantitative estimate of drug-likeness (QED) is 0.422. The lowest BCUT2D eigenvalue weighted by Gasteiger charge is -2.11. The molecule has 0 saturated heterocycles. The van der Waals surface area contributed by atoms with Gasteiger partial charge in [0.1, 0.15) is 11.8 Å². The summed E-state index contributed by atoms with van der Waals surface area (Å²) < 4.78 is 1.04. The Morgan fingerprint density at radius 3 is 2.38 bits per heavy atom. The van der Waals surface area contributed by atoms with Crippen molar-refractivity contribution in [3.8, 4) is 0 Å². The molecule has 0 fully saturated rings. The Kier molecular flexibility index (Phi) is 4.57. The molecule has 0 aliphatic carbocycles. The van der Waals surface area contributed by atoms with Gasteiger partial charge < -0.3 is 10.6 Å². The molecule has 0 unspecified atom stereocenters. The molecule has 0 radical (unpaired) electrons. The number of aryl methyl sites for hydroxylation is 2. The molecule has 0 atom stereocenters. The van der Waals surface area contributed by atoms with Gasteiger partial charge in [-0.25, -0.2) is 15.0 Å². The molecule has 0 bridgehead atoms. The maximum Gasteiger partial charge on any atom is 0.189 e. The van der Waals surface area contributed by atoms with Crippen molar-refractivity contribution >= 4 is 59.9 Å². The Balaban J connectivity index is 1.68. The molecule has 2 aromatic carbocycles. The number of hydrogen-bond donors (Lipinski definition) is 2. The van der Waals surface area contributed by atoms with Crippen LogP contribution in [-0.4, -0.2) is 15.0 Å². The Morgan fingerprint density at radius 1 is 0.923 bits per heavy atom. The first-order valence-corrected chi connectivity index (χ1v) is 9.68. The molecule has 0 spiro atoms. The molecule has 0 aliphatic heterocycles. The van der Waals surface area contributed by atoms with Crippen molar-refractivity contribution in [3.05, 3.63) is 64.4 Å². The van der Waals surface area contributed by atoms with Crippen LogP contribution in [0.1, 0.15) is 11.1 Å². The van der Waals surface area contributed by atoms with Gasteiger partial charge in [-0.1, -0.05) is 45.5 Å². The molecule has 5 nitrogen and oxygen atoms in total. The van der Waals surface area contributed by atoms with Crippen molar-refractivity contribution in [3.63, 3.8) is 0 Å². The molecule has 2 aromatic heterocycles. The van der Waals surface area contributed by atoms with E-state index in [1.54, 1.807) is 6.33 Å². The maximum atomic E-state index is 4.69. The molecule has 4 aromatic rings. The Morgan fingerprint density at radius 2 is 1.65 bits per heavy atom. The maximum absolute atomic E-state index is 4.69. The van der Waals surface area contributed by atoms with Crippen molar-refractivity contribution in [2.24, 2.45) is 0 Å². The number of rotatable bonds is 4. The molecule has 26 heavy (non-hydrogen) atoms. The Bertz CT molecular complexity index is 1050. The number of aromatic nitrogens is 3. The van der Waals surface area contributed by atoms with Gasteiger partial charge >= 0.3 is 0 Å². The van der Waals surface area contributed by atoms with Crippen molar-refractivity contribution < 1.29 is 0 Å². The van der Waals surface area contributed by atoms with Crippen molar-refractivity contribution in [1.29, 1.82) is 0 Å². The lowest BCUT2D eigenvalue weighted by molar-refractivity contribution is 1.21. The number of nitrogens with one attached hydrogen (secondary N) is 2. The van der Waals surface area contributed by atoms with Crippen LogP contribution in [0.25, 0.3) is 10.3 Å². The standard InChI is InChI=1S/C19H16BrN5S/c1-11-4-3-5-12(2)15(11)24-17-16-18(22-10-21-17)26-19(25-16)23-14-8-6-13(20)7-9-14/h3-10H,1-2H3,(H,23,25)(H,21,22,24). The highest BCUT2D eigenvalue weighted by Gasteiger charge is 2.13. The van der Waals surface area contributed by atoms with Crippen LogP contribution in [0, 0.1) is 13.8 Å². The second-order valence-corrected chi connectivity index (χ2v) is 7.81. The summed E-state index contributed by atoms with van der Waals surface area (Å²) in [5, 5.41) is 7.54. The molecule has 0 aliphatic rings. The van der Waals surface area contributed by atoms with Gasteiger partial charge in [-0.3, -0.25) is 0 Å². The number of fused-ring (bicyclic) bond motifs is 1. The van der Waals surface area contributed by atoms with Gasteiger partial charge in [-0.2, -0.15) is 0 Å². The first-order valence-electron chi connectivity index (χ1n) is 8.07. The molecule has 0 amide bonds. The molecular formula is C19H16BrN5S. The number of hydrogen-bond acceptors (Lipinski definition) is 6. The number of thiazole rings is 1. The summed E-state index contributed by atoms with van der Waals surface area (Å²) in [6.07, 6.45) is 1.57. The zero-order valence-corrected chi connectivity index (χ0v) is 16.6. The fraction of sp³-hybridized carbons (Fsp3) is 0.105. The van der Waals surface area contributed by atoms with Crippen LogP contribution in [-0.2, 0) is 0 Å². The fourth-order valence-electron chi connectivity index (χ4n) is 2.69. The van der Waals surface area contributed by atoms with Crippen LogP contribution in [0.3, 0.4) is 0 Å². The number of benzene rings is 2. The van der Waals surface area contributed by atoms with Crippen LogP contribution in [0.5, 0.6) is 0 Å². The van der Waals surface area contributed by atoms with E-state index in [1.165, 1.54) is 22.5 Å². The first-order chi connectivity index (χ1) is 12.6. The van der Waals surface area contributed by atoms with Crippen LogP contribution < -0.4 is 10.6 Å². The summed E-state index contributed by atoms with van der Waals surface area (Å²) in [4.78, 5) is 14.3. The average molecular weight is 426 g/mol. The lowest BCUT2D eigenvalue weighted by Crippen LogP contribution is -1.99. The van der Waals surface area contributed by atoms with Crippen LogP contribution in [0.15, 0.2) is 53.3 Å². The predicted octanol–water partition coefficient (Wildman–Crippen LogP) is 5.95. The van der Waals surface area contributed by atoms with Gasteiger partial charge in [0.15, 0.2) is 15.8 Å². The van der Waals surface area contributed by atoms with E-state index in [-0.39, 0.29) is 0 Å². The second-order valence-electron chi connectivity index (χ2n) is 5.92. The van der Waals surface area contributed by atoms with Crippen LogP contribution in [0.2, 0.25) is 0 Å². The molecule has 0 saturated carbocycles. The highest BCUT2D eigenvalue weighted by Crippen LogP contribution is 2.32. The summed E-state index contributed by atoms with van der Waals surface area (Å²) in [5.74, 6) is 0.715. The third-order valence-electron chi connectivity index (χ3n) is 4.02. The smallest absolute Gasteiger partial charge is 0.189 e.